The molecule has 10 heteroatoms. The van der Waals surface area contributed by atoms with Gasteiger partial charge in [-0.15, -0.1) is 0 Å². The fourth-order valence-electron chi connectivity index (χ4n) is 2.24. The molecular weight excluding hydrogens is 340 g/mol. The first-order valence-corrected chi connectivity index (χ1v) is 7.50. The van der Waals surface area contributed by atoms with Crippen LogP contribution in [0.5, 0.6) is 0 Å². The zero-order valence-corrected chi connectivity index (χ0v) is 13.7. The second-order valence-corrected chi connectivity index (χ2v) is 5.17. The van der Waals surface area contributed by atoms with Gasteiger partial charge in [0.15, 0.2) is 5.82 Å². The van der Waals surface area contributed by atoms with Gasteiger partial charge in [0.25, 0.3) is 0 Å². The van der Waals surface area contributed by atoms with E-state index < -0.39 is 10.9 Å². The first-order chi connectivity index (χ1) is 12.6. The Morgan fingerprint density at radius 1 is 1.35 bits per heavy atom. The summed E-state index contributed by atoms with van der Waals surface area (Å²) in [6, 6.07) is 6.48. The van der Waals surface area contributed by atoms with Crippen molar-refractivity contribution >= 4 is 17.5 Å². The van der Waals surface area contributed by atoms with Crippen molar-refractivity contribution in [1.82, 2.24) is 19.7 Å². The molecule has 132 valence electrons. The number of nitrogens with zero attached hydrogens (tertiary/aromatic N) is 5. The third kappa shape index (κ3) is 3.64. The first-order valence-electron chi connectivity index (χ1n) is 7.50. The molecule has 26 heavy (non-hydrogen) atoms. The van der Waals surface area contributed by atoms with E-state index >= 15 is 0 Å². The summed E-state index contributed by atoms with van der Waals surface area (Å²) < 4.78 is 6.16. The van der Waals surface area contributed by atoms with Crippen LogP contribution in [0.4, 0.5) is 11.5 Å². The van der Waals surface area contributed by atoms with E-state index in [1.165, 1.54) is 13.3 Å². The van der Waals surface area contributed by atoms with Crippen molar-refractivity contribution in [3.63, 3.8) is 0 Å². The van der Waals surface area contributed by atoms with Crippen LogP contribution in [-0.2, 0) is 11.3 Å². The summed E-state index contributed by atoms with van der Waals surface area (Å²) >= 11 is 0. The van der Waals surface area contributed by atoms with Crippen molar-refractivity contribution in [1.29, 1.82) is 0 Å². The normalized spacial score (nSPS) is 10.3. The number of nitrogens with one attached hydrogen (secondary N) is 1. The third-order valence-electron chi connectivity index (χ3n) is 3.49. The average Bonchev–Trinajstić information content (AvgIpc) is 3.20. The van der Waals surface area contributed by atoms with E-state index in [9.17, 15) is 14.9 Å². The van der Waals surface area contributed by atoms with Crippen LogP contribution in [0.25, 0.3) is 5.82 Å². The molecule has 0 spiro atoms. The van der Waals surface area contributed by atoms with Gasteiger partial charge in [0.2, 0.25) is 5.82 Å². The lowest BCUT2D eigenvalue weighted by atomic mass is 10.2. The van der Waals surface area contributed by atoms with Crippen LogP contribution in [0.1, 0.15) is 15.9 Å². The highest BCUT2D eigenvalue weighted by atomic mass is 16.6. The van der Waals surface area contributed by atoms with Gasteiger partial charge in [-0.2, -0.15) is 5.10 Å². The fraction of sp³-hybridized carbons (Fsp3) is 0.125. The second kappa shape index (κ2) is 7.38. The molecule has 3 rings (SSSR count). The maximum atomic E-state index is 11.5. The van der Waals surface area contributed by atoms with Crippen LogP contribution in [0, 0.1) is 10.1 Å². The number of carbonyl (C=O) groups excluding carboxylic acids is 1. The summed E-state index contributed by atoms with van der Waals surface area (Å²) in [5.41, 5.74) is 0.530. The average molecular weight is 354 g/mol. The van der Waals surface area contributed by atoms with E-state index in [-0.39, 0.29) is 23.6 Å². The zero-order valence-electron chi connectivity index (χ0n) is 13.7. The third-order valence-corrected chi connectivity index (χ3v) is 3.49. The lowest BCUT2D eigenvalue weighted by Gasteiger charge is -2.08. The summed E-state index contributed by atoms with van der Waals surface area (Å²) in [5, 5.41) is 18.3. The predicted octanol–water partition coefficient (Wildman–Crippen LogP) is 1.97. The summed E-state index contributed by atoms with van der Waals surface area (Å²) in [7, 11) is 1.20. The highest BCUT2D eigenvalue weighted by Gasteiger charge is 2.19. The molecule has 0 aliphatic rings. The molecule has 0 bridgehead atoms. The smallest absolute Gasteiger partial charge is 0.339 e. The Balaban J connectivity index is 1.80. The van der Waals surface area contributed by atoms with E-state index in [1.54, 1.807) is 41.5 Å². The summed E-state index contributed by atoms with van der Waals surface area (Å²) in [6.45, 7) is 0.280. The van der Waals surface area contributed by atoms with Gasteiger partial charge in [0.1, 0.15) is 0 Å². The lowest BCUT2D eigenvalue weighted by molar-refractivity contribution is -0.384. The van der Waals surface area contributed by atoms with Crippen molar-refractivity contribution in [2.45, 2.75) is 6.54 Å². The van der Waals surface area contributed by atoms with E-state index in [2.05, 4.69) is 25.1 Å². The SMILES string of the molecule is COC(=O)c1cnc(NCc2ccnc(-n3cccn3)c2)c([N+](=O)[O-])c1. The van der Waals surface area contributed by atoms with Gasteiger partial charge in [0, 0.05) is 37.4 Å². The van der Waals surface area contributed by atoms with Gasteiger partial charge < -0.3 is 10.1 Å². The molecule has 3 aromatic heterocycles. The molecule has 1 N–H and O–H groups in total. The van der Waals surface area contributed by atoms with E-state index in [1.807, 2.05) is 0 Å². The number of pyridine rings is 2. The number of rotatable bonds is 6. The minimum absolute atomic E-state index is 0.00892. The molecule has 3 aromatic rings. The Kier molecular flexibility index (Phi) is 4.83. The highest BCUT2D eigenvalue weighted by molar-refractivity contribution is 5.90. The van der Waals surface area contributed by atoms with Gasteiger partial charge in [-0.1, -0.05) is 0 Å². The molecule has 0 atom stereocenters. The Morgan fingerprint density at radius 3 is 2.88 bits per heavy atom. The Labute approximate surface area is 147 Å². The molecule has 0 aromatic carbocycles. The molecule has 0 aliphatic heterocycles. The quantitative estimate of drug-likeness (QED) is 0.404. The van der Waals surface area contributed by atoms with Crippen molar-refractivity contribution in [2.75, 3.05) is 12.4 Å². The maximum Gasteiger partial charge on any atom is 0.339 e. The minimum atomic E-state index is -0.690. The first kappa shape index (κ1) is 17.0. The number of carbonyl (C=O) groups is 1. The molecule has 0 unspecified atom stereocenters. The number of aromatic nitrogens is 4. The van der Waals surface area contributed by atoms with Crippen molar-refractivity contribution in [3.05, 3.63) is 70.3 Å². The monoisotopic (exact) mass is 354 g/mol. The van der Waals surface area contributed by atoms with Crippen molar-refractivity contribution < 1.29 is 14.5 Å². The Bertz CT molecular complexity index is 942. The summed E-state index contributed by atoms with van der Waals surface area (Å²) in [6.07, 6.45) is 6.25. The zero-order chi connectivity index (χ0) is 18.5. The highest BCUT2D eigenvalue weighted by Crippen LogP contribution is 2.23. The van der Waals surface area contributed by atoms with Crippen LogP contribution in [0.2, 0.25) is 0 Å². The van der Waals surface area contributed by atoms with E-state index in [0.29, 0.717) is 5.82 Å². The number of esters is 1. The minimum Gasteiger partial charge on any atom is -0.465 e. The number of nitro groups is 1. The molecule has 3 heterocycles. The van der Waals surface area contributed by atoms with Crippen LogP contribution >= 0.6 is 0 Å². The lowest BCUT2D eigenvalue weighted by Crippen LogP contribution is -2.09. The molecular formula is C16H14N6O4. The number of ether oxygens (including phenoxy) is 1. The van der Waals surface area contributed by atoms with Gasteiger partial charge in [0.05, 0.1) is 17.6 Å². The largest absolute Gasteiger partial charge is 0.465 e. The molecule has 0 aliphatic carbocycles. The number of methoxy groups -OCH3 is 1. The number of hydrogen-bond acceptors (Lipinski definition) is 8. The predicted molar refractivity (Wildman–Crippen MR) is 90.9 cm³/mol. The summed E-state index contributed by atoms with van der Waals surface area (Å²) in [4.78, 5) is 30.3. The van der Waals surface area contributed by atoms with Gasteiger partial charge >= 0.3 is 11.7 Å². The molecule has 0 saturated heterocycles. The van der Waals surface area contributed by atoms with E-state index in [0.717, 1.165) is 11.6 Å². The van der Waals surface area contributed by atoms with Crippen LogP contribution < -0.4 is 5.32 Å². The van der Waals surface area contributed by atoms with Crippen LogP contribution in [-0.4, -0.2) is 37.8 Å². The Morgan fingerprint density at radius 2 is 2.19 bits per heavy atom. The van der Waals surface area contributed by atoms with Crippen molar-refractivity contribution in [3.8, 4) is 5.82 Å². The van der Waals surface area contributed by atoms with Crippen LogP contribution in [0.15, 0.2) is 49.1 Å². The Hall–Kier alpha value is -3.82. The fourth-order valence-corrected chi connectivity index (χ4v) is 2.24. The number of hydrogen-bond donors (Lipinski definition) is 1. The molecule has 0 fully saturated rings. The number of anilines is 1. The van der Waals surface area contributed by atoms with Gasteiger partial charge in [-0.05, 0) is 23.8 Å². The standard InChI is InChI=1S/C16H14N6O4/c1-26-16(23)12-8-13(22(24)25)15(19-10-12)18-9-11-3-5-17-14(7-11)21-6-2-4-20-21/h2-8,10H,9H2,1H3,(H,18,19). The molecule has 10 nitrogen and oxygen atoms in total. The molecule has 0 radical (unpaired) electrons. The molecule has 0 amide bonds. The molecule has 0 saturated carbocycles. The second-order valence-electron chi connectivity index (χ2n) is 5.17. The van der Waals surface area contributed by atoms with Crippen molar-refractivity contribution in [2.24, 2.45) is 0 Å². The van der Waals surface area contributed by atoms with Gasteiger partial charge in [-0.3, -0.25) is 10.1 Å². The van der Waals surface area contributed by atoms with E-state index in [4.69, 9.17) is 0 Å². The van der Waals surface area contributed by atoms with Crippen LogP contribution in [0.3, 0.4) is 0 Å². The maximum absolute atomic E-state index is 11.5. The van der Waals surface area contributed by atoms with Gasteiger partial charge in [-0.25, -0.2) is 19.4 Å². The topological polar surface area (TPSA) is 125 Å². The summed E-state index contributed by atoms with van der Waals surface area (Å²) in [5.74, 6) is -0.0111.